The van der Waals surface area contributed by atoms with Crippen molar-refractivity contribution in [1.29, 1.82) is 0 Å². The Hall–Kier alpha value is -8.27. The summed E-state index contributed by atoms with van der Waals surface area (Å²) >= 11 is 0. The van der Waals surface area contributed by atoms with Gasteiger partial charge in [-0.05, 0) is 62.6 Å². The molecule has 3 fully saturated rings. The number of aliphatic hydroxyl groups is 9. The van der Waals surface area contributed by atoms with Crippen molar-refractivity contribution in [2.75, 3.05) is 78.9 Å². The monoisotopic (exact) mass is 1680 g/mol. The summed E-state index contributed by atoms with van der Waals surface area (Å²) in [4.78, 5) is 172. The zero-order valence-electron chi connectivity index (χ0n) is 67.9. The Morgan fingerprint density at radius 2 is 0.737 bits per heavy atom. The Kier molecular flexibility index (Phi) is 49.4. The number of unbranched alkanes of at least 4 members (excludes halogenated alkanes) is 14. The van der Waals surface area contributed by atoms with Crippen LogP contribution < -0.4 is 63.8 Å². The van der Waals surface area contributed by atoms with E-state index >= 15 is 0 Å². The topological polar surface area (TPSA) is 624 Å². The Balaban J connectivity index is 1.46. The summed E-state index contributed by atoms with van der Waals surface area (Å²) in [5, 5.41) is 132. The standard InChI is InChI=1S/C77H128N12O29/c1-5-6-7-10-17-30-78-57(98)28-29-58(99)87-51(36-48-24-26-49(96)27-25-48)74(112)89-53(73(111)83-41-62(103)80-32-19-12-15-22-35-115-77-65(86-47(4)95)71(109)68(106)56(44-92)118-77)38-60(101)88-52(72(110)82-39-50(97)23-16-9-8-13-20-33-113-75-63(84-45(2)93)69(107)66(104)54(42-90)116-75)37-59(100)81-40-61(102)79-31-18-11-14-21-34-114-76-64(85-46(3)94)70(108)67(105)55(43-91)117-76/h24-27,51-56,63-71,75-77,90-92,96,104-109H,5-23,28-44H2,1-4H3,(H,78,98)(H,79,102)(H,80,103)(H,81,100)(H,82,110)(H,83,111)(H,84,93)(H,85,94)(H,86,95)(H,87,99)(H,88,101)(H,89,112)/t51?,52?,53?,54?,55?,56?,63?,64?,65?,66-,67-,68-,69+,70+,71+,75+,76+,77+/m0/s1. The lowest BCUT2D eigenvalue weighted by Gasteiger charge is -2.42. The summed E-state index contributed by atoms with van der Waals surface area (Å²) in [5.74, 6) is -10.0. The molecule has 3 aliphatic rings. The average molecular weight is 1690 g/mol. The molecule has 9 unspecified atom stereocenters. The highest BCUT2D eigenvalue weighted by molar-refractivity contribution is 5.98. The minimum Gasteiger partial charge on any atom is -0.508 e. The van der Waals surface area contributed by atoms with Crippen LogP contribution in [0.2, 0.25) is 0 Å². The molecule has 0 aliphatic carbocycles. The van der Waals surface area contributed by atoms with E-state index < -0.39 is 239 Å². The number of aromatic hydroxyl groups is 1. The zero-order valence-corrected chi connectivity index (χ0v) is 67.9. The Morgan fingerprint density at radius 3 is 1.17 bits per heavy atom. The lowest BCUT2D eigenvalue weighted by molar-refractivity contribution is -0.270. The molecule has 22 N–H and O–H groups in total. The van der Waals surface area contributed by atoms with Crippen molar-refractivity contribution < 1.29 is 142 Å². The quantitative estimate of drug-likeness (QED) is 0.0271. The van der Waals surface area contributed by atoms with Gasteiger partial charge in [-0.2, -0.15) is 0 Å². The van der Waals surface area contributed by atoms with Gasteiger partial charge in [0.05, 0.1) is 52.3 Å². The number of Topliss-reactive ketones (excluding diaryl/α,β-unsaturated/α-hetero) is 1. The number of amides is 12. The zero-order chi connectivity index (χ0) is 87.1. The third kappa shape index (κ3) is 39.3. The minimum atomic E-state index is -1.91. The van der Waals surface area contributed by atoms with Gasteiger partial charge in [0.2, 0.25) is 70.9 Å². The fourth-order valence-corrected chi connectivity index (χ4v) is 13.0. The molecule has 0 bridgehead atoms. The highest BCUT2D eigenvalue weighted by Gasteiger charge is 2.48. The number of hydrogen-bond acceptors (Lipinski definition) is 29. The van der Waals surface area contributed by atoms with Crippen LogP contribution >= 0.6 is 0 Å². The molecule has 0 saturated carbocycles. The first-order valence-electron chi connectivity index (χ1n) is 40.7. The number of rotatable bonds is 58. The lowest BCUT2D eigenvalue weighted by atomic mass is 9.97. The maximum absolute atomic E-state index is 14.5. The van der Waals surface area contributed by atoms with Crippen molar-refractivity contribution in [3.8, 4) is 5.75 Å². The first kappa shape index (κ1) is 102. The van der Waals surface area contributed by atoms with Crippen LogP contribution in [0.15, 0.2) is 24.3 Å². The van der Waals surface area contributed by atoms with Crippen LogP contribution in [0.4, 0.5) is 0 Å². The molecule has 0 spiro atoms. The van der Waals surface area contributed by atoms with Crippen molar-refractivity contribution >= 4 is 76.7 Å². The first-order valence-corrected chi connectivity index (χ1v) is 40.7. The molecular weight excluding hydrogens is 1560 g/mol. The van der Waals surface area contributed by atoms with Gasteiger partial charge in [0.15, 0.2) is 24.7 Å². The molecule has 118 heavy (non-hydrogen) atoms. The lowest BCUT2D eigenvalue weighted by Crippen LogP contribution is -2.64. The molecule has 1 aromatic rings. The predicted octanol–water partition coefficient (Wildman–Crippen LogP) is -5.47. The van der Waals surface area contributed by atoms with Crippen molar-refractivity contribution in [2.24, 2.45) is 0 Å². The van der Waals surface area contributed by atoms with Gasteiger partial charge < -0.3 is 143 Å². The molecule has 3 heterocycles. The molecule has 3 saturated heterocycles. The van der Waals surface area contributed by atoms with Crippen LogP contribution in [0, 0.1) is 0 Å². The minimum absolute atomic E-state index is 0.0272. The van der Waals surface area contributed by atoms with E-state index in [1.54, 1.807) is 0 Å². The van der Waals surface area contributed by atoms with E-state index in [0.717, 1.165) is 32.1 Å². The number of ketones is 1. The summed E-state index contributed by atoms with van der Waals surface area (Å²) in [6.45, 7) is 2.85. The number of aliphatic hydroxyl groups excluding tert-OH is 9. The van der Waals surface area contributed by atoms with Crippen molar-refractivity contribution in [3.05, 3.63) is 29.8 Å². The Labute approximate surface area is 686 Å². The highest BCUT2D eigenvalue weighted by atomic mass is 16.7. The van der Waals surface area contributed by atoms with Crippen LogP contribution in [0.5, 0.6) is 5.75 Å². The number of carbonyl (C=O) groups is 13. The normalized spacial score (nSPS) is 23.6. The van der Waals surface area contributed by atoms with Gasteiger partial charge in [-0.25, -0.2) is 0 Å². The number of benzene rings is 1. The van der Waals surface area contributed by atoms with Gasteiger partial charge in [-0.1, -0.05) is 89.7 Å². The van der Waals surface area contributed by atoms with E-state index in [1.807, 2.05) is 0 Å². The fraction of sp³-hybridized carbons (Fsp3) is 0.753. The third-order valence-electron chi connectivity index (χ3n) is 19.6. The molecule has 3 aliphatic heterocycles. The summed E-state index contributed by atoms with van der Waals surface area (Å²) in [6.07, 6.45) is -7.49. The predicted molar refractivity (Wildman–Crippen MR) is 416 cm³/mol. The van der Waals surface area contributed by atoms with Crippen molar-refractivity contribution in [2.45, 2.75) is 292 Å². The fourth-order valence-electron chi connectivity index (χ4n) is 13.0. The summed E-state index contributed by atoms with van der Waals surface area (Å²) in [7, 11) is 0. The van der Waals surface area contributed by atoms with Gasteiger partial charge in [-0.3, -0.25) is 62.3 Å². The molecule has 670 valence electrons. The van der Waals surface area contributed by atoms with Gasteiger partial charge in [0.25, 0.3) is 0 Å². The number of phenolic OH excluding ortho intramolecular Hbond substituents is 1. The third-order valence-corrected chi connectivity index (χ3v) is 19.6. The van der Waals surface area contributed by atoms with E-state index in [9.17, 15) is 113 Å². The molecule has 0 radical (unpaired) electrons. The molecule has 41 heteroatoms. The van der Waals surface area contributed by atoms with Crippen LogP contribution in [0.25, 0.3) is 0 Å². The van der Waals surface area contributed by atoms with E-state index in [4.69, 9.17) is 28.4 Å². The summed E-state index contributed by atoms with van der Waals surface area (Å²) in [6, 6.07) is -3.07. The van der Waals surface area contributed by atoms with Gasteiger partial charge in [0, 0.05) is 85.9 Å². The maximum Gasteiger partial charge on any atom is 0.243 e. The van der Waals surface area contributed by atoms with Gasteiger partial charge in [0.1, 0.15) is 96.9 Å². The largest absolute Gasteiger partial charge is 0.508 e. The second kappa shape index (κ2) is 57.0. The maximum atomic E-state index is 14.5. The van der Waals surface area contributed by atoms with E-state index in [2.05, 4.69) is 70.7 Å². The first-order chi connectivity index (χ1) is 56.4. The van der Waals surface area contributed by atoms with Crippen molar-refractivity contribution in [3.63, 3.8) is 0 Å². The number of carbonyl (C=O) groups excluding carboxylic acids is 13. The van der Waals surface area contributed by atoms with Crippen LogP contribution in [-0.4, -0.2) is 317 Å². The van der Waals surface area contributed by atoms with E-state index in [0.29, 0.717) is 95.6 Å². The number of phenols is 1. The average Bonchev–Trinajstić information content (AvgIpc) is 0.818. The number of nitrogens with one attached hydrogen (secondary N) is 12. The molecule has 4 rings (SSSR count). The van der Waals surface area contributed by atoms with Crippen molar-refractivity contribution in [1.82, 2.24) is 63.8 Å². The molecular formula is C77H128N12O29. The molecule has 12 amide bonds. The molecule has 18 atom stereocenters. The van der Waals surface area contributed by atoms with Crippen LogP contribution in [0.3, 0.4) is 0 Å². The molecule has 41 nitrogen and oxygen atoms in total. The second-order valence-corrected chi connectivity index (χ2v) is 29.6. The van der Waals surface area contributed by atoms with Gasteiger partial charge >= 0.3 is 0 Å². The summed E-state index contributed by atoms with van der Waals surface area (Å²) in [5.41, 5.74) is 0.400. The Bertz CT molecular complexity index is 3260. The van der Waals surface area contributed by atoms with Crippen LogP contribution in [-0.2, 0) is 97.2 Å². The smallest absolute Gasteiger partial charge is 0.243 e. The molecule has 0 aromatic heterocycles. The Morgan fingerprint density at radius 1 is 0.373 bits per heavy atom. The molecule has 1 aromatic carbocycles. The second-order valence-electron chi connectivity index (χ2n) is 29.6. The van der Waals surface area contributed by atoms with Crippen LogP contribution in [0.1, 0.15) is 181 Å². The summed E-state index contributed by atoms with van der Waals surface area (Å²) < 4.78 is 34.1. The number of hydrogen-bond donors (Lipinski definition) is 22. The van der Waals surface area contributed by atoms with Gasteiger partial charge in [-0.15, -0.1) is 0 Å². The number of ether oxygens (including phenoxy) is 6. The van der Waals surface area contributed by atoms with E-state index in [-0.39, 0.29) is 64.3 Å². The highest BCUT2D eigenvalue weighted by Crippen LogP contribution is 2.26. The SMILES string of the molecule is CCCCCCCNC(=O)CCC(=O)NC(Cc1ccc(O)cc1)C(=O)NC(CC(=O)NC(CC(=O)NCC(=O)NCCCCCCO[C@@H]1OC(CO)[C@H](O)[C@H](O)C1NC(C)=O)C(=O)NCC(=O)CCCCCCCO[C@@H]1OC(CO)[C@H](O)[C@H](O)C1NC(C)=O)C(=O)NCC(=O)NCCCCCCO[C@@H]1OC(CO)[C@H](O)[C@H](O)C1NC(C)=O. The van der Waals surface area contributed by atoms with E-state index in [1.165, 1.54) is 45.0 Å².